The van der Waals surface area contributed by atoms with Crippen LogP contribution in [0.15, 0.2) is 36.4 Å². The second-order valence-electron chi connectivity index (χ2n) is 4.61. The van der Waals surface area contributed by atoms with E-state index in [1.165, 1.54) is 7.11 Å². The molecule has 2 aromatic carbocycles. The fourth-order valence-electron chi connectivity index (χ4n) is 1.93. The molecule has 0 radical (unpaired) electrons. The number of methoxy groups -OCH3 is 1. The molecule has 0 atom stereocenters. The summed E-state index contributed by atoms with van der Waals surface area (Å²) in [6.07, 6.45) is 0. The minimum atomic E-state index is 0.315. The van der Waals surface area contributed by atoms with Gasteiger partial charge in [-0.3, -0.25) is 0 Å². The molecule has 0 aliphatic rings. The maximum atomic E-state index is 8.91. The van der Waals surface area contributed by atoms with Crippen LogP contribution >= 0.6 is 11.6 Å². The number of aryl methyl sites for hydroxylation is 1. The van der Waals surface area contributed by atoms with Gasteiger partial charge >= 0.3 is 0 Å². The molecule has 114 valence electrons. The lowest BCUT2D eigenvalue weighted by Crippen LogP contribution is -2.10. The van der Waals surface area contributed by atoms with Gasteiger partial charge in [0.15, 0.2) is 11.5 Å². The number of ether oxygens (including phenoxy) is 3. The monoisotopic (exact) mass is 317 g/mol. The molecule has 0 aliphatic carbocycles. The molecule has 0 saturated heterocycles. The Morgan fingerprint density at radius 3 is 2.59 bits per heavy atom. The maximum Gasteiger partial charge on any atom is 0.179 e. The first kappa shape index (κ1) is 16.0. The summed E-state index contributed by atoms with van der Waals surface area (Å²) in [7, 11) is 1.50. The molecule has 0 fully saturated rings. The van der Waals surface area contributed by atoms with Crippen LogP contribution in [-0.4, -0.2) is 20.3 Å². The van der Waals surface area contributed by atoms with Crippen LogP contribution in [0.2, 0.25) is 5.02 Å². The van der Waals surface area contributed by atoms with E-state index in [9.17, 15) is 0 Å². The van der Waals surface area contributed by atoms with Gasteiger partial charge in [0.2, 0.25) is 0 Å². The first-order chi connectivity index (χ1) is 10.6. The molecule has 22 heavy (non-hydrogen) atoms. The van der Waals surface area contributed by atoms with Crippen molar-refractivity contribution in [1.82, 2.24) is 0 Å². The molecule has 0 aliphatic heterocycles. The average Bonchev–Trinajstić information content (AvgIpc) is 2.52. The van der Waals surface area contributed by atoms with Gasteiger partial charge in [0.05, 0.1) is 23.8 Å². The second-order valence-corrected chi connectivity index (χ2v) is 5.02. The van der Waals surface area contributed by atoms with E-state index < -0.39 is 0 Å². The molecular formula is C17H16ClNO3. The number of hydrogen-bond donors (Lipinski definition) is 0. The number of nitrogens with zero attached hydrogens (tertiary/aromatic N) is 1. The average molecular weight is 318 g/mol. The number of nitriles is 1. The van der Waals surface area contributed by atoms with Crippen LogP contribution in [-0.2, 0) is 0 Å². The topological polar surface area (TPSA) is 51.5 Å². The van der Waals surface area contributed by atoms with Crippen LogP contribution in [0.1, 0.15) is 11.1 Å². The van der Waals surface area contributed by atoms with Gasteiger partial charge in [-0.1, -0.05) is 23.7 Å². The van der Waals surface area contributed by atoms with Crippen molar-refractivity contribution in [2.75, 3.05) is 20.3 Å². The Labute approximate surface area is 134 Å². The molecule has 2 aromatic rings. The third-order valence-electron chi connectivity index (χ3n) is 2.95. The van der Waals surface area contributed by atoms with Crippen molar-refractivity contribution < 1.29 is 14.2 Å². The van der Waals surface area contributed by atoms with Crippen LogP contribution in [0.3, 0.4) is 0 Å². The molecule has 0 aromatic heterocycles. The maximum absolute atomic E-state index is 8.91. The molecule has 0 spiro atoms. The summed E-state index contributed by atoms with van der Waals surface area (Å²) >= 11 is 6.11. The van der Waals surface area contributed by atoms with E-state index in [0.717, 1.165) is 11.3 Å². The van der Waals surface area contributed by atoms with Crippen molar-refractivity contribution in [1.29, 1.82) is 5.26 Å². The Kier molecular flexibility index (Phi) is 5.51. The lowest BCUT2D eigenvalue weighted by atomic mass is 10.2. The highest BCUT2D eigenvalue weighted by Gasteiger charge is 2.12. The third-order valence-corrected chi connectivity index (χ3v) is 3.23. The highest BCUT2D eigenvalue weighted by Crippen LogP contribution is 2.36. The van der Waals surface area contributed by atoms with Gasteiger partial charge in [0.25, 0.3) is 0 Å². The zero-order valence-electron chi connectivity index (χ0n) is 12.4. The quantitative estimate of drug-likeness (QED) is 0.756. The van der Waals surface area contributed by atoms with Crippen LogP contribution in [0.5, 0.6) is 17.2 Å². The van der Waals surface area contributed by atoms with Gasteiger partial charge in [0, 0.05) is 6.07 Å². The fraction of sp³-hybridized carbons (Fsp3) is 0.235. The molecule has 0 bridgehead atoms. The number of hydrogen-bond acceptors (Lipinski definition) is 4. The smallest absolute Gasteiger partial charge is 0.179 e. The highest BCUT2D eigenvalue weighted by atomic mass is 35.5. The molecule has 5 heteroatoms. The normalized spacial score (nSPS) is 9.91. The van der Waals surface area contributed by atoms with Crippen molar-refractivity contribution in [3.8, 4) is 23.3 Å². The lowest BCUT2D eigenvalue weighted by Gasteiger charge is -2.13. The van der Waals surface area contributed by atoms with E-state index in [-0.39, 0.29) is 0 Å². The molecule has 0 amide bonds. The van der Waals surface area contributed by atoms with Crippen LogP contribution < -0.4 is 14.2 Å². The Morgan fingerprint density at radius 1 is 1.14 bits per heavy atom. The van der Waals surface area contributed by atoms with E-state index in [1.54, 1.807) is 12.1 Å². The Hall–Kier alpha value is -2.38. The van der Waals surface area contributed by atoms with E-state index in [0.29, 0.717) is 35.3 Å². The highest BCUT2D eigenvalue weighted by molar-refractivity contribution is 6.32. The molecule has 0 heterocycles. The molecule has 0 unspecified atom stereocenters. The predicted molar refractivity (Wildman–Crippen MR) is 84.9 cm³/mol. The summed E-state index contributed by atoms with van der Waals surface area (Å²) < 4.78 is 16.4. The Bertz CT molecular complexity index is 695. The summed E-state index contributed by atoms with van der Waals surface area (Å²) in [6.45, 7) is 2.70. The van der Waals surface area contributed by atoms with E-state index in [1.807, 2.05) is 37.3 Å². The number of halogens is 1. The zero-order chi connectivity index (χ0) is 15.9. The second kappa shape index (κ2) is 7.58. The lowest BCUT2D eigenvalue weighted by molar-refractivity contribution is 0.211. The van der Waals surface area contributed by atoms with Crippen LogP contribution in [0, 0.1) is 18.3 Å². The van der Waals surface area contributed by atoms with E-state index >= 15 is 0 Å². The molecule has 4 nitrogen and oxygen atoms in total. The first-order valence-electron chi connectivity index (χ1n) is 6.74. The first-order valence-corrected chi connectivity index (χ1v) is 7.11. The van der Waals surface area contributed by atoms with Gasteiger partial charge in [0.1, 0.15) is 19.0 Å². The molecule has 0 N–H and O–H groups in total. The Morgan fingerprint density at radius 2 is 1.91 bits per heavy atom. The van der Waals surface area contributed by atoms with E-state index in [2.05, 4.69) is 0 Å². The Balaban J connectivity index is 1.96. The molecular weight excluding hydrogens is 302 g/mol. The van der Waals surface area contributed by atoms with Gasteiger partial charge in [-0.05, 0) is 30.7 Å². The predicted octanol–water partition coefficient (Wildman–Crippen LogP) is 3.99. The SMILES string of the molecule is COc1cc(C#N)cc(Cl)c1OCCOc1cccc(C)c1. The third kappa shape index (κ3) is 4.06. The van der Waals surface area contributed by atoms with Gasteiger partial charge in [-0.25, -0.2) is 0 Å². The van der Waals surface area contributed by atoms with Gasteiger partial charge in [-0.2, -0.15) is 5.26 Å². The summed E-state index contributed by atoms with van der Waals surface area (Å²) in [4.78, 5) is 0. The van der Waals surface area contributed by atoms with Crippen molar-refractivity contribution in [3.05, 3.63) is 52.5 Å². The minimum absolute atomic E-state index is 0.315. The summed E-state index contributed by atoms with van der Waals surface area (Å²) in [6, 6.07) is 12.9. The van der Waals surface area contributed by atoms with Gasteiger partial charge < -0.3 is 14.2 Å². The molecule has 2 rings (SSSR count). The van der Waals surface area contributed by atoms with Crippen molar-refractivity contribution >= 4 is 11.6 Å². The van der Waals surface area contributed by atoms with Crippen molar-refractivity contribution in [2.45, 2.75) is 6.92 Å². The standard InChI is InChI=1S/C17H16ClNO3/c1-12-4-3-5-14(8-12)21-6-7-22-17-15(18)9-13(11-19)10-16(17)20-2/h3-5,8-10H,6-7H2,1-2H3. The fourth-order valence-corrected chi connectivity index (χ4v) is 2.20. The molecule has 0 saturated carbocycles. The van der Waals surface area contributed by atoms with Crippen LogP contribution in [0.4, 0.5) is 0 Å². The van der Waals surface area contributed by atoms with Crippen LogP contribution in [0.25, 0.3) is 0 Å². The van der Waals surface area contributed by atoms with Crippen molar-refractivity contribution in [2.24, 2.45) is 0 Å². The van der Waals surface area contributed by atoms with Gasteiger partial charge in [-0.15, -0.1) is 0 Å². The summed E-state index contributed by atoms with van der Waals surface area (Å²) in [5, 5.41) is 9.25. The number of rotatable bonds is 6. The summed E-state index contributed by atoms with van der Waals surface area (Å²) in [5.74, 6) is 1.64. The minimum Gasteiger partial charge on any atom is -0.493 e. The largest absolute Gasteiger partial charge is 0.493 e. The zero-order valence-corrected chi connectivity index (χ0v) is 13.2. The summed E-state index contributed by atoms with van der Waals surface area (Å²) in [5.41, 5.74) is 1.56. The van der Waals surface area contributed by atoms with E-state index in [4.69, 9.17) is 31.1 Å². The van der Waals surface area contributed by atoms with Crippen molar-refractivity contribution in [3.63, 3.8) is 0 Å². The number of benzene rings is 2.